The van der Waals surface area contributed by atoms with Crippen LogP contribution in [0, 0.1) is 0 Å². The van der Waals surface area contributed by atoms with Gasteiger partial charge in [0.2, 0.25) is 0 Å². The summed E-state index contributed by atoms with van der Waals surface area (Å²) in [5.74, 6) is -0.145. The van der Waals surface area contributed by atoms with Crippen LogP contribution in [0.15, 0.2) is 18.2 Å². The Morgan fingerprint density at radius 3 is 2.55 bits per heavy atom. The summed E-state index contributed by atoms with van der Waals surface area (Å²) in [4.78, 5) is 24.0. The maximum absolute atomic E-state index is 12.1. The van der Waals surface area contributed by atoms with Crippen LogP contribution in [-0.4, -0.2) is 49.2 Å². The molecule has 1 aromatic rings. The Bertz CT molecular complexity index is 486. The third-order valence-electron chi connectivity index (χ3n) is 2.72. The highest BCUT2D eigenvalue weighted by Gasteiger charge is 2.15. The average Bonchev–Trinajstić information content (AvgIpc) is 2.44. The third-order valence-corrected chi connectivity index (χ3v) is 2.72. The van der Waals surface area contributed by atoms with E-state index in [1.165, 1.54) is 12.0 Å². The summed E-state index contributed by atoms with van der Waals surface area (Å²) in [5.41, 5.74) is 0.433. The number of rotatable bonds is 7. The minimum atomic E-state index is -0.936. The first-order chi connectivity index (χ1) is 9.49. The molecule has 0 atom stereocenters. The normalized spacial score (nSPS) is 9.95. The van der Waals surface area contributed by atoms with E-state index in [9.17, 15) is 9.59 Å². The maximum Gasteiger partial charge on any atom is 0.305 e. The number of nitrogens with zero attached hydrogens (tertiary/aromatic N) is 1. The summed E-state index contributed by atoms with van der Waals surface area (Å²) in [5, 5.41) is 8.62. The van der Waals surface area contributed by atoms with Gasteiger partial charge in [-0.15, -0.1) is 0 Å². The lowest BCUT2D eigenvalue weighted by molar-refractivity contribution is -0.137. The van der Waals surface area contributed by atoms with Crippen LogP contribution in [0.2, 0.25) is 0 Å². The van der Waals surface area contributed by atoms with Crippen LogP contribution in [0.5, 0.6) is 11.5 Å². The Morgan fingerprint density at radius 2 is 2.00 bits per heavy atom. The number of carboxylic acids is 1. The lowest BCUT2D eigenvalue weighted by Gasteiger charge is -2.17. The van der Waals surface area contributed by atoms with E-state index in [1.807, 2.05) is 6.92 Å². The van der Waals surface area contributed by atoms with Crippen molar-refractivity contribution in [3.05, 3.63) is 23.8 Å². The van der Waals surface area contributed by atoms with Crippen molar-refractivity contribution < 1.29 is 24.2 Å². The van der Waals surface area contributed by atoms with Crippen molar-refractivity contribution in [3.8, 4) is 11.5 Å². The van der Waals surface area contributed by atoms with E-state index < -0.39 is 5.97 Å². The molecule has 0 saturated heterocycles. The van der Waals surface area contributed by atoms with Crippen molar-refractivity contribution in [3.63, 3.8) is 0 Å². The standard InChI is InChI=1S/C14H19NO5/c1-4-20-12-9-10(5-6-11(12)19-3)14(18)15(2)8-7-13(16)17/h5-6,9H,4,7-8H2,1-3H3,(H,16,17). The molecular formula is C14H19NO5. The monoisotopic (exact) mass is 281 g/mol. The van der Waals surface area contributed by atoms with Gasteiger partial charge in [-0.05, 0) is 25.1 Å². The smallest absolute Gasteiger partial charge is 0.305 e. The predicted octanol–water partition coefficient (Wildman–Crippen LogP) is 1.64. The summed E-state index contributed by atoms with van der Waals surface area (Å²) < 4.78 is 10.6. The van der Waals surface area contributed by atoms with Gasteiger partial charge < -0.3 is 19.5 Å². The second-order valence-corrected chi connectivity index (χ2v) is 4.17. The van der Waals surface area contributed by atoms with Crippen LogP contribution in [0.25, 0.3) is 0 Å². The molecule has 0 fully saturated rings. The average molecular weight is 281 g/mol. The molecule has 0 bridgehead atoms. The van der Waals surface area contributed by atoms with Gasteiger partial charge in [0.05, 0.1) is 20.1 Å². The summed E-state index contributed by atoms with van der Waals surface area (Å²) in [6, 6.07) is 4.88. The molecule has 1 rings (SSSR count). The molecule has 0 unspecified atom stereocenters. The molecule has 20 heavy (non-hydrogen) atoms. The Morgan fingerprint density at radius 1 is 1.30 bits per heavy atom. The highest BCUT2D eigenvalue weighted by Crippen LogP contribution is 2.28. The molecule has 0 spiro atoms. The first-order valence-electron chi connectivity index (χ1n) is 6.27. The van der Waals surface area contributed by atoms with Gasteiger partial charge in [0.1, 0.15) is 0 Å². The van der Waals surface area contributed by atoms with Crippen molar-refractivity contribution in [2.24, 2.45) is 0 Å². The number of carbonyl (C=O) groups excluding carboxylic acids is 1. The zero-order chi connectivity index (χ0) is 15.1. The summed E-state index contributed by atoms with van der Waals surface area (Å²) in [7, 11) is 3.09. The number of amides is 1. The molecule has 0 heterocycles. The molecule has 0 aliphatic rings. The molecule has 0 aliphatic heterocycles. The number of methoxy groups -OCH3 is 1. The zero-order valence-electron chi connectivity index (χ0n) is 11.9. The number of hydrogen-bond donors (Lipinski definition) is 1. The molecule has 0 saturated carbocycles. The van der Waals surface area contributed by atoms with Crippen LogP contribution in [0.3, 0.4) is 0 Å². The second-order valence-electron chi connectivity index (χ2n) is 4.17. The number of aliphatic carboxylic acids is 1. The Balaban J connectivity index is 2.87. The minimum Gasteiger partial charge on any atom is -0.493 e. The van der Waals surface area contributed by atoms with Gasteiger partial charge in [-0.3, -0.25) is 9.59 Å². The van der Waals surface area contributed by atoms with Crippen LogP contribution >= 0.6 is 0 Å². The number of carboxylic acid groups (broad SMARTS) is 1. The number of ether oxygens (including phenoxy) is 2. The van der Waals surface area contributed by atoms with Gasteiger partial charge in [0, 0.05) is 19.2 Å². The van der Waals surface area contributed by atoms with Crippen molar-refractivity contribution in [2.45, 2.75) is 13.3 Å². The first kappa shape index (κ1) is 15.8. The Kier molecular flexibility index (Phi) is 5.83. The maximum atomic E-state index is 12.1. The summed E-state index contributed by atoms with van der Waals surface area (Å²) >= 11 is 0. The lowest BCUT2D eigenvalue weighted by Crippen LogP contribution is -2.29. The van der Waals surface area contributed by atoms with E-state index in [1.54, 1.807) is 25.2 Å². The molecule has 110 valence electrons. The summed E-state index contributed by atoms with van der Waals surface area (Å²) in [6.07, 6.45) is -0.0866. The molecular weight excluding hydrogens is 262 g/mol. The SMILES string of the molecule is CCOc1cc(C(=O)N(C)CCC(=O)O)ccc1OC. The molecule has 1 N–H and O–H groups in total. The molecule has 1 aromatic carbocycles. The first-order valence-corrected chi connectivity index (χ1v) is 6.27. The van der Waals surface area contributed by atoms with Crippen LogP contribution in [0.1, 0.15) is 23.7 Å². The van der Waals surface area contributed by atoms with E-state index in [4.69, 9.17) is 14.6 Å². The zero-order valence-corrected chi connectivity index (χ0v) is 11.9. The second kappa shape index (κ2) is 7.37. The largest absolute Gasteiger partial charge is 0.493 e. The molecule has 0 aromatic heterocycles. The molecule has 6 nitrogen and oxygen atoms in total. The third kappa shape index (κ3) is 4.15. The van der Waals surface area contributed by atoms with Crippen molar-refractivity contribution >= 4 is 11.9 Å². The van der Waals surface area contributed by atoms with Gasteiger partial charge in [-0.2, -0.15) is 0 Å². The van der Waals surface area contributed by atoms with Crippen molar-refractivity contribution in [1.82, 2.24) is 4.90 Å². The van der Waals surface area contributed by atoms with Crippen LogP contribution in [0.4, 0.5) is 0 Å². The van der Waals surface area contributed by atoms with E-state index in [-0.39, 0.29) is 18.9 Å². The number of hydrogen-bond acceptors (Lipinski definition) is 4. The van der Waals surface area contributed by atoms with E-state index >= 15 is 0 Å². The van der Waals surface area contributed by atoms with Crippen molar-refractivity contribution in [2.75, 3.05) is 27.3 Å². The van der Waals surface area contributed by atoms with Gasteiger partial charge in [0.25, 0.3) is 5.91 Å². The Labute approximate surface area is 117 Å². The van der Waals surface area contributed by atoms with Crippen molar-refractivity contribution in [1.29, 1.82) is 0 Å². The number of benzene rings is 1. The van der Waals surface area contributed by atoms with E-state index in [0.29, 0.717) is 23.7 Å². The topological polar surface area (TPSA) is 76.1 Å². The lowest BCUT2D eigenvalue weighted by atomic mass is 10.1. The fourth-order valence-corrected chi connectivity index (χ4v) is 1.66. The fraction of sp³-hybridized carbons (Fsp3) is 0.429. The minimum absolute atomic E-state index is 0.0866. The molecule has 0 radical (unpaired) electrons. The van der Waals surface area contributed by atoms with Gasteiger partial charge in [0.15, 0.2) is 11.5 Å². The number of carbonyl (C=O) groups is 2. The highest BCUT2D eigenvalue weighted by molar-refractivity contribution is 5.94. The fourth-order valence-electron chi connectivity index (χ4n) is 1.66. The quantitative estimate of drug-likeness (QED) is 0.822. The molecule has 6 heteroatoms. The predicted molar refractivity (Wildman–Crippen MR) is 73.4 cm³/mol. The molecule has 1 amide bonds. The van der Waals surface area contributed by atoms with E-state index in [2.05, 4.69) is 0 Å². The van der Waals surface area contributed by atoms with E-state index in [0.717, 1.165) is 0 Å². The summed E-state index contributed by atoms with van der Waals surface area (Å²) in [6.45, 7) is 2.46. The van der Waals surface area contributed by atoms with Gasteiger partial charge in [-0.25, -0.2) is 0 Å². The van der Waals surface area contributed by atoms with Gasteiger partial charge >= 0.3 is 5.97 Å². The molecule has 0 aliphatic carbocycles. The van der Waals surface area contributed by atoms with Gasteiger partial charge in [-0.1, -0.05) is 0 Å². The van der Waals surface area contributed by atoms with Crippen LogP contribution in [-0.2, 0) is 4.79 Å². The Hall–Kier alpha value is -2.24. The highest BCUT2D eigenvalue weighted by atomic mass is 16.5. The van der Waals surface area contributed by atoms with Crippen LogP contribution < -0.4 is 9.47 Å².